The maximum absolute atomic E-state index is 4.60. The molecule has 2 aromatic heterocycles. The highest BCUT2D eigenvalue weighted by Crippen LogP contribution is 2.21. The first-order valence-electron chi connectivity index (χ1n) is 7.24. The number of anilines is 1. The van der Waals surface area contributed by atoms with Gasteiger partial charge in [-0.2, -0.15) is 0 Å². The van der Waals surface area contributed by atoms with Crippen molar-refractivity contribution < 1.29 is 0 Å². The summed E-state index contributed by atoms with van der Waals surface area (Å²) in [4.78, 5) is 13.7. The van der Waals surface area contributed by atoms with Crippen molar-refractivity contribution in [2.24, 2.45) is 0 Å². The van der Waals surface area contributed by atoms with Gasteiger partial charge in [-0.3, -0.25) is 0 Å². The lowest BCUT2D eigenvalue weighted by Crippen LogP contribution is -2.03. The van der Waals surface area contributed by atoms with Crippen LogP contribution in [0.3, 0.4) is 0 Å². The summed E-state index contributed by atoms with van der Waals surface area (Å²) in [6, 6.07) is 6.08. The zero-order valence-electron chi connectivity index (χ0n) is 13.1. The van der Waals surface area contributed by atoms with Gasteiger partial charge < -0.3 is 5.32 Å². The van der Waals surface area contributed by atoms with E-state index in [0.29, 0.717) is 0 Å². The van der Waals surface area contributed by atoms with Crippen LogP contribution < -0.4 is 5.32 Å². The number of rotatable bonds is 6. The number of aryl methyl sites for hydroxylation is 2. The lowest BCUT2D eigenvalue weighted by molar-refractivity contribution is 0.880. The maximum Gasteiger partial charge on any atom is 0.188 e. The smallest absolute Gasteiger partial charge is 0.188 e. The quantitative estimate of drug-likeness (QED) is 0.647. The van der Waals surface area contributed by atoms with Crippen LogP contribution in [0.5, 0.6) is 0 Å². The van der Waals surface area contributed by atoms with Crippen molar-refractivity contribution in [3.05, 3.63) is 40.8 Å². The minimum Gasteiger partial charge on any atom is -0.370 e. The molecule has 21 heavy (non-hydrogen) atoms. The van der Waals surface area contributed by atoms with E-state index in [0.717, 1.165) is 46.8 Å². The van der Waals surface area contributed by atoms with E-state index >= 15 is 0 Å². The minimum absolute atomic E-state index is 0.781. The van der Waals surface area contributed by atoms with Crippen molar-refractivity contribution in [1.29, 1.82) is 0 Å². The van der Waals surface area contributed by atoms with E-state index in [9.17, 15) is 0 Å². The van der Waals surface area contributed by atoms with Gasteiger partial charge in [-0.05, 0) is 44.9 Å². The Labute approximate surface area is 130 Å². The molecular formula is C16H22N4S. The summed E-state index contributed by atoms with van der Waals surface area (Å²) in [5.41, 5.74) is 4.32. The molecule has 0 saturated heterocycles. The summed E-state index contributed by atoms with van der Waals surface area (Å²) in [7, 11) is 0. The standard InChI is InChI=1S/C16H22N4S/c1-5-9-17-15-8-6-7-14(20-15)10-21-16-18-12(3)11(2)13(4)19-16/h6-8H,5,9-10H2,1-4H3,(H,17,20). The van der Waals surface area contributed by atoms with E-state index in [4.69, 9.17) is 0 Å². The Morgan fingerprint density at radius 2 is 1.76 bits per heavy atom. The van der Waals surface area contributed by atoms with Crippen molar-refractivity contribution in [1.82, 2.24) is 15.0 Å². The monoisotopic (exact) mass is 302 g/mol. The Morgan fingerprint density at radius 3 is 2.43 bits per heavy atom. The molecule has 0 aliphatic rings. The number of nitrogens with zero attached hydrogens (tertiary/aromatic N) is 3. The lowest BCUT2D eigenvalue weighted by Gasteiger charge is -2.08. The van der Waals surface area contributed by atoms with E-state index in [1.54, 1.807) is 11.8 Å². The number of aromatic nitrogens is 3. The average Bonchev–Trinajstić information content (AvgIpc) is 2.49. The highest BCUT2D eigenvalue weighted by atomic mass is 32.2. The average molecular weight is 302 g/mol. The molecule has 2 rings (SSSR count). The highest BCUT2D eigenvalue weighted by Gasteiger charge is 2.06. The molecule has 0 aliphatic carbocycles. The molecule has 0 fully saturated rings. The van der Waals surface area contributed by atoms with Crippen LogP contribution in [-0.4, -0.2) is 21.5 Å². The topological polar surface area (TPSA) is 50.7 Å². The third kappa shape index (κ3) is 4.43. The van der Waals surface area contributed by atoms with Gasteiger partial charge in [0.2, 0.25) is 0 Å². The fourth-order valence-electron chi connectivity index (χ4n) is 1.86. The van der Waals surface area contributed by atoms with E-state index in [1.807, 2.05) is 32.0 Å². The number of pyridine rings is 1. The lowest BCUT2D eigenvalue weighted by atomic mass is 10.2. The number of thioether (sulfide) groups is 1. The molecule has 1 N–H and O–H groups in total. The second kappa shape index (κ2) is 7.41. The van der Waals surface area contributed by atoms with Crippen LogP contribution in [0, 0.1) is 20.8 Å². The Kier molecular flexibility index (Phi) is 5.56. The number of nitrogens with one attached hydrogen (secondary N) is 1. The molecule has 2 aromatic rings. The molecule has 0 atom stereocenters. The van der Waals surface area contributed by atoms with Gasteiger partial charge in [-0.1, -0.05) is 24.8 Å². The van der Waals surface area contributed by atoms with E-state index in [-0.39, 0.29) is 0 Å². The van der Waals surface area contributed by atoms with Crippen molar-refractivity contribution >= 4 is 17.6 Å². The third-order valence-electron chi connectivity index (χ3n) is 3.32. The Balaban J connectivity index is 2.03. The zero-order valence-corrected chi connectivity index (χ0v) is 13.9. The fraction of sp³-hybridized carbons (Fsp3) is 0.438. The van der Waals surface area contributed by atoms with Crippen LogP contribution in [0.4, 0.5) is 5.82 Å². The summed E-state index contributed by atoms with van der Waals surface area (Å²) in [6.07, 6.45) is 1.09. The first-order valence-corrected chi connectivity index (χ1v) is 8.23. The molecule has 0 aliphatic heterocycles. The Hall–Kier alpha value is -1.62. The molecular weight excluding hydrogens is 280 g/mol. The first kappa shape index (κ1) is 15.8. The van der Waals surface area contributed by atoms with Crippen molar-refractivity contribution in [2.45, 2.75) is 45.0 Å². The minimum atomic E-state index is 0.781. The van der Waals surface area contributed by atoms with Gasteiger partial charge in [0.15, 0.2) is 5.16 Å². The Morgan fingerprint density at radius 1 is 1.05 bits per heavy atom. The van der Waals surface area contributed by atoms with Gasteiger partial charge >= 0.3 is 0 Å². The third-order valence-corrected chi connectivity index (χ3v) is 4.21. The summed E-state index contributed by atoms with van der Waals surface area (Å²) in [5.74, 6) is 1.72. The fourth-order valence-corrected chi connectivity index (χ4v) is 2.70. The molecule has 112 valence electrons. The molecule has 0 saturated carbocycles. The van der Waals surface area contributed by atoms with Crippen LogP contribution in [0.25, 0.3) is 0 Å². The van der Waals surface area contributed by atoms with E-state index in [1.165, 1.54) is 5.56 Å². The normalized spacial score (nSPS) is 10.7. The van der Waals surface area contributed by atoms with Crippen molar-refractivity contribution in [2.75, 3.05) is 11.9 Å². The molecule has 2 heterocycles. The molecule has 0 radical (unpaired) electrons. The summed E-state index contributed by atoms with van der Waals surface area (Å²) in [5, 5.41) is 4.13. The molecule has 5 heteroatoms. The van der Waals surface area contributed by atoms with Gasteiger partial charge in [0, 0.05) is 23.7 Å². The van der Waals surface area contributed by atoms with Gasteiger partial charge in [0.05, 0.1) is 5.69 Å². The molecule has 0 spiro atoms. The molecule has 0 unspecified atom stereocenters. The predicted octanol–water partition coefficient (Wildman–Crippen LogP) is 3.91. The van der Waals surface area contributed by atoms with Crippen LogP contribution in [-0.2, 0) is 5.75 Å². The van der Waals surface area contributed by atoms with Crippen LogP contribution >= 0.6 is 11.8 Å². The summed E-state index contributed by atoms with van der Waals surface area (Å²) < 4.78 is 0. The number of hydrogen-bond acceptors (Lipinski definition) is 5. The van der Waals surface area contributed by atoms with Crippen LogP contribution in [0.1, 0.15) is 36.0 Å². The largest absolute Gasteiger partial charge is 0.370 e. The molecule has 4 nitrogen and oxygen atoms in total. The van der Waals surface area contributed by atoms with Gasteiger partial charge in [0.25, 0.3) is 0 Å². The highest BCUT2D eigenvalue weighted by molar-refractivity contribution is 7.98. The summed E-state index contributed by atoms with van der Waals surface area (Å²) in [6.45, 7) is 9.21. The van der Waals surface area contributed by atoms with E-state index < -0.39 is 0 Å². The molecule has 0 aromatic carbocycles. The Bertz CT molecular complexity index is 590. The first-order chi connectivity index (χ1) is 10.1. The number of hydrogen-bond donors (Lipinski definition) is 1. The second-order valence-electron chi connectivity index (χ2n) is 5.03. The molecule has 0 amide bonds. The van der Waals surface area contributed by atoms with Gasteiger partial charge in [0.1, 0.15) is 5.82 Å². The summed E-state index contributed by atoms with van der Waals surface area (Å²) >= 11 is 1.63. The van der Waals surface area contributed by atoms with Gasteiger partial charge in [-0.15, -0.1) is 0 Å². The van der Waals surface area contributed by atoms with Crippen molar-refractivity contribution in [3.63, 3.8) is 0 Å². The molecule has 0 bridgehead atoms. The van der Waals surface area contributed by atoms with Crippen molar-refractivity contribution in [3.8, 4) is 0 Å². The van der Waals surface area contributed by atoms with Crippen LogP contribution in [0.2, 0.25) is 0 Å². The van der Waals surface area contributed by atoms with Gasteiger partial charge in [-0.25, -0.2) is 15.0 Å². The SMILES string of the molecule is CCCNc1cccc(CSc2nc(C)c(C)c(C)n2)n1. The second-order valence-corrected chi connectivity index (χ2v) is 5.97. The van der Waals surface area contributed by atoms with Crippen LogP contribution in [0.15, 0.2) is 23.4 Å². The predicted molar refractivity (Wildman–Crippen MR) is 88.8 cm³/mol. The maximum atomic E-state index is 4.60. The van der Waals surface area contributed by atoms with E-state index in [2.05, 4.69) is 34.1 Å². The zero-order chi connectivity index (χ0) is 15.2.